The van der Waals surface area contributed by atoms with Gasteiger partial charge in [0.1, 0.15) is 6.10 Å². The molecular formula is C17H23NO11. The zero-order chi connectivity index (χ0) is 22.8. The molecule has 0 saturated carbocycles. The molecule has 0 bridgehead atoms. The van der Waals surface area contributed by atoms with Crippen LogP contribution in [-0.2, 0) is 52.5 Å². The fourth-order valence-corrected chi connectivity index (χ4v) is 2.34. The van der Waals surface area contributed by atoms with Crippen LogP contribution in [0.4, 0.5) is 0 Å². The predicted octanol–water partition coefficient (Wildman–Crippen LogP) is -0.0403. The summed E-state index contributed by atoms with van der Waals surface area (Å²) >= 11 is 0. The Balaban J connectivity index is 6.59. The first kappa shape index (κ1) is 25.7. The topological polar surface area (TPSA) is 161 Å². The van der Waals surface area contributed by atoms with E-state index in [9.17, 15) is 28.8 Å². The fourth-order valence-electron chi connectivity index (χ4n) is 2.34. The Morgan fingerprint density at radius 1 is 0.828 bits per heavy atom. The molecule has 0 spiro atoms. The van der Waals surface area contributed by atoms with E-state index in [0.717, 1.165) is 40.7 Å². The van der Waals surface area contributed by atoms with Gasteiger partial charge in [-0.15, -0.1) is 0 Å². The highest BCUT2D eigenvalue weighted by atomic mass is 16.7. The number of nitrogens with zero attached hydrogens (tertiary/aromatic N) is 1. The zero-order valence-electron chi connectivity index (χ0n) is 16.9. The van der Waals surface area contributed by atoms with Gasteiger partial charge in [-0.3, -0.25) is 24.0 Å². The lowest BCUT2D eigenvalue weighted by atomic mass is 9.97. The molecule has 12 heteroatoms. The van der Waals surface area contributed by atoms with Gasteiger partial charge in [0.05, 0.1) is 0 Å². The number of hydrogen-bond donors (Lipinski definition) is 0. The Morgan fingerprint density at radius 3 is 1.72 bits per heavy atom. The van der Waals surface area contributed by atoms with E-state index in [0.29, 0.717) is 0 Å². The average Bonchev–Trinajstić information content (AvgIpc) is 2.54. The molecule has 0 aliphatic heterocycles. The van der Waals surface area contributed by atoms with Crippen LogP contribution in [-0.4, -0.2) is 66.6 Å². The van der Waals surface area contributed by atoms with E-state index >= 15 is 0 Å². The van der Waals surface area contributed by atoms with Crippen molar-refractivity contribution in [3.8, 4) is 0 Å². The summed E-state index contributed by atoms with van der Waals surface area (Å²) in [6.45, 7) is 5.44. The second kappa shape index (κ2) is 11.5. The Morgan fingerprint density at radius 2 is 1.34 bits per heavy atom. The fraction of sp³-hybridized carbons (Fsp3) is 0.647. The van der Waals surface area contributed by atoms with Gasteiger partial charge in [-0.1, -0.05) is 0 Å². The number of esters is 5. The Bertz CT molecular complexity index is 697. The van der Waals surface area contributed by atoms with Crippen LogP contribution in [0.25, 0.3) is 0 Å². The molecule has 0 rings (SSSR count). The van der Waals surface area contributed by atoms with Crippen LogP contribution in [0.3, 0.4) is 0 Å². The first-order valence-electron chi connectivity index (χ1n) is 8.28. The first-order valence-corrected chi connectivity index (χ1v) is 8.28. The molecular weight excluding hydrogens is 394 g/mol. The molecule has 0 aromatic carbocycles. The van der Waals surface area contributed by atoms with Gasteiger partial charge in [0.2, 0.25) is 12.2 Å². The van der Waals surface area contributed by atoms with Gasteiger partial charge in [0.25, 0.3) is 5.72 Å². The van der Waals surface area contributed by atoms with Crippen molar-refractivity contribution in [2.24, 2.45) is 4.99 Å². The molecule has 0 radical (unpaired) electrons. The minimum atomic E-state index is -2.47. The van der Waals surface area contributed by atoms with Gasteiger partial charge < -0.3 is 23.7 Å². The second-order valence-corrected chi connectivity index (χ2v) is 5.84. The molecule has 0 N–H and O–H groups in total. The van der Waals surface area contributed by atoms with Crippen LogP contribution in [0.2, 0.25) is 0 Å². The lowest BCUT2D eigenvalue weighted by molar-refractivity contribution is -0.222. The van der Waals surface area contributed by atoms with E-state index in [1.165, 1.54) is 6.92 Å². The number of rotatable bonds is 10. The van der Waals surface area contributed by atoms with Crippen molar-refractivity contribution < 1.29 is 52.5 Å². The molecule has 0 aromatic rings. The summed E-state index contributed by atoms with van der Waals surface area (Å²) in [6, 6.07) is 0. The molecule has 0 unspecified atom stereocenters. The molecule has 0 fully saturated rings. The Kier molecular flexibility index (Phi) is 10.2. The van der Waals surface area contributed by atoms with Crippen molar-refractivity contribution >= 4 is 35.9 Å². The SMILES string of the molecule is CC(=O)OC[C@](N=C=O)(OC(C)=O)[C@H](OC(C)=O)[C@@H](OC(C)=O)[C@@H](C)OC(C)=O. The van der Waals surface area contributed by atoms with Crippen molar-refractivity contribution in [3.05, 3.63) is 0 Å². The summed E-state index contributed by atoms with van der Waals surface area (Å²) in [4.78, 5) is 72.1. The molecule has 4 atom stereocenters. The number of aliphatic imine (C=N–C) groups is 1. The van der Waals surface area contributed by atoms with Crippen LogP contribution in [0, 0.1) is 0 Å². The molecule has 0 heterocycles. The summed E-state index contributed by atoms with van der Waals surface area (Å²) in [5.74, 6) is -4.46. The van der Waals surface area contributed by atoms with E-state index < -0.39 is 60.5 Å². The predicted molar refractivity (Wildman–Crippen MR) is 91.6 cm³/mol. The average molecular weight is 417 g/mol. The number of carbonyl (C=O) groups is 5. The Hall–Kier alpha value is -3.27. The number of carbonyl (C=O) groups excluding carboxylic acids is 6. The summed E-state index contributed by atoms with van der Waals surface area (Å²) in [5, 5.41) is 0. The quantitative estimate of drug-likeness (QED) is 0.203. The van der Waals surface area contributed by atoms with Crippen LogP contribution in [0.5, 0.6) is 0 Å². The van der Waals surface area contributed by atoms with Crippen molar-refractivity contribution in [2.75, 3.05) is 6.61 Å². The molecule has 0 saturated heterocycles. The molecule has 162 valence electrons. The largest absolute Gasteiger partial charge is 0.459 e. The third kappa shape index (κ3) is 8.98. The maximum Gasteiger partial charge on any atom is 0.305 e. The summed E-state index contributed by atoms with van der Waals surface area (Å²) < 4.78 is 25.1. The minimum absolute atomic E-state index is 0.770. The Labute approximate surface area is 166 Å². The zero-order valence-corrected chi connectivity index (χ0v) is 16.9. The van der Waals surface area contributed by atoms with Gasteiger partial charge >= 0.3 is 29.8 Å². The van der Waals surface area contributed by atoms with Crippen LogP contribution >= 0.6 is 0 Å². The normalized spacial score (nSPS) is 15.2. The lowest BCUT2D eigenvalue weighted by Crippen LogP contribution is -2.59. The van der Waals surface area contributed by atoms with E-state index in [1.54, 1.807) is 0 Å². The van der Waals surface area contributed by atoms with Crippen molar-refractivity contribution in [1.82, 2.24) is 0 Å². The van der Waals surface area contributed by atoms with Crippen LogP contribution in [0.15, 0.2) is 4.99 Å². The highest BCUT2D eigenvalue weighted by Gasteiger charge is 2.54. The van der Waals surface area contributed by atoms with E-state index in [-0.39, 0.29) is 0 Å². The van der Waals surface area contributed by atoms with Gasteiger partial charge in [0, 0.05) is 34.6 Å². The number of hydrogen-bond acceptors (Lipinski definition) is 12. The first-order chi connectivity index (χ1) is 13.3. The maximum absolute atomic E-state index is 11.7. The molecule has 0 aliphatic carbocycles. The molecule has 29 heavy (non-hydrogen) atoms. The van der Waals surface area contributed by atoms with E-state index in [1.807, 2.05) is 0 Å². The standard InChI is InChI=1S/C17H23NO11/c1-9(26-11(3)21)15(27-12(4)22)16(28-13(5)23)17(18-8-19,29-14(6)24)7-25-10(2)20/h9,15-16H,7H2,1-6H3/t9-,15+,16-,17+/m1/s1. The molecule has 12 nitrogen and oxygen atoms in total. The molecule has 0 amide bonds. The van der Waals surface area contributed by atoms with Crippen LogP contribution in [0.1, 0.15) is 41.5 Å². The third-order valence-electron chi connectivity index (χ3n) is 3.19. The van der Waals surface area contributed by atoms with Crippen LogP contribution < -0.4 is 0 Å². The van der Waals surface area contributed by atoms with Crippen molar-refractivity contribution in [3.63, 3.8) is 0 Å². The van der Waals surface area contributed by atoms with Gasteiger partial charge in [-0.2, -0.15) is 4.99 Å². The number of ether oxygens (including phenoxy) is 5. The third-order valence-corrected chi connectivity index (χ3v) is 3.19. The van der Waals surface area contributed by atoms with E-state index in [2.05, 4.69) is 4.99 Å². The van der Waals surface area contributed by atoms with Gasteiger partial charge in [0.15, 0.2) is 12.7 Å². The monoisotopic (exact) mass is 417 g/mol. The summed E-state index contributed by atoms with van der Waals surface area (Å²) in [7, 11) is 0. The van der Waals surface area contributed by atoms with E-state index in [4.69, 9.17) is 23.7 Å². The minimum Gasteiger partial charge on any atom is -0.459 e. The lowest BCUT2D eigenvalue weighted by Gasteiger charge is -2.39. The smallest absolute Gasteiger partial charge is 0.305 e. The summed E-state index contributed by atoms with van der Waals surface area (Å²) in [6.07, 6.45) is -3.56. The van der Waals surface area contributed by atoms with Gasteiger partial charge in [-0.05, 0) is 6.92 Å². The molecule has 0 aliphatic rings. The summed E-state index contributed by atoms with van der Waals surface area (Å²) in [5.41, 5.74) is -2.47. The maximum atomic E-state index is 11.7. The van der Waals surface area contributed by atoms with Crippen molar-refractivity contribution in [1.29, 1.82) is 0 Å². The second-order valence-electron chi connectivity index (χ2n) is 5.84. The highest BCUT2D eigenvalue weighted by molar-refractivity contribution is 5.70. The highest BCUT2D eigenvalue weighted by Crippen LogP contribution is 2.29. The molecule has 0 aromatic heterocycles. The number of isocyanates is 1. The van der Waals surface area contributed by atoms with Gasteiger partial charge in [-0.25, -0.2) is 4.79 Å². The van der Waals surface area contributed by atoms with Crippen molar-refractivity contribution in [2.45, 2.75) is 65.6 Å².